The van der Waals surface area contributed by atoms with Crippen molar-refractivity contribution in [2.45, 2.75) is 26.2 Å². The minimum atomic E-state index is -0.340. The molecule has 2 aromatic heterocycles. The molecule has 0 radical (unpaired) electrons. The molecule has 7 heteroatoms. The first-order valence-electron chi connectivity index (χ1n) is 8.24. The van der Waals surface area contributed by atoms with Crippen LogP contribution in [0.1, 0.15) is 34.9 Å². The third-order valence-electron chi connectivity index (χ3n) is 4.49. The second-order valence-corrected chi connectivity index (χ2v) is 6.01. The zero-order chi connectivity index (χ0) is 17.4. The molecule has 3 heterocycles. The van der Waals surface area contributed by atoms with Crippen molar-refractivity contribution in [3.8, 4) is 0 Å². The van der Waals surface area contributed by atoms with Gasteiger partial charge in [0.05, 0.1) is 30.3 Å². The molecule has 1 aliphatic rings. The Kier molecular flexibility index (Phi) is 3.76. The topological polar surface area (TPSA) is 67.4 Å². The van der Waals surface area contributed by atoms with Crippen LogP contribution in [0.2, 0.25) is 0 Å². The van der Waals surface area contributed by atoms with Gasteiger partial charge < -0.3 is 14.2 Å². The average molecular weight is 337 g/mol. The molecule has 128 valence electrons. The standard InChI is InChI=1S/C18H19N5O2/c1-3-22-12-15(19-20-22)17-21(2)16-9-5-4-8-14(16)18(24)23(17)11-13-7-6-10-25-13/h4-10,12,17H,3,11H2,1-2H3. The molecule has 0 saturated carbocycles. The average Bonchev–Trinajstić information content (AvgIpc) is 3.31. The Labute approximate surface area is 145 Å². The molecular weight excluding hydrogens is 318 g/mol. The lowest BCUT2D eigenvalue weighted by atomic mass is 10.0. The fourth-order valence-corrected chi connectivity index (χ4v) is 3.24. The number of carbonyl (C=O) groups is 1. The lowest BCUT2D eigenvalue weighted by molar-refractivity contribution is 0.0614. The van der Waals surface area contributed by atoms with E-state index in [1.165, 1.54) is 0 Å². The third-order valence-corrected chi connectivity index (χ3v) is 4.49. The fourth-order valence-electron chi connectivity index (χ4n) is 3.24. The van der Waals surface area contributed by atoms with E-state index in [0.717, 1.165) is 23.7 Å². The third kappa shape index (κ3) is 2.57. The largest absolute Gasteiger partial charge is 0.467 e. The number of hydrogen-bond acceptors (Lipinski definition) is 5. The summed E-state index contributed by atoms with van der Waals surface area (Å²) in [7, 11) is 1.97. The maximum Gasteiger partial charge on any atom is 0.258 e. The zero-order valence-corrected chi connectivity index (χ0v) is 14.2. The molecule has 7 nitrogen and oxygen atoms in total. The number of fused-ring (bicyclic) bond motifs is 1. The number of amides is 1. The molecule has 1 atom stereocenters. The van der Waals surface area contributed by atoms with Gasteiger partial charge in [-0.2, -0.15) is 0 Å². The second-order valence-electron chi connectivity index (χ2n) is 6.01. The van der Waals surface area contributed by atoms with E-state index in [1.54, 1.807) is 15.8 Å². The number of anilines is 1. The van der Waals surface area contributed by atoms with Gasteiger partial charge in [0.2, 0.25) is 0 Å². The molecule has 0 bridgehead atoms. The van der Waals surface area contributed by atoms with Gasteiger partial charge in [0.15, 0.2) is 6.17 Å². The Morgan fingerprint density at radius 2 is 2.04 bits per heavy atom. The van der Waals surface area contributed by atoms with Crippen LogP contribution in [0.15, 0.2) is 53.3 Å². The normalized spacial score (nSPS) is 17.0. The molecule has 1 aromatic carbocycles. The van der Waals surface area contributed by atoms with Gasteiger partial charge in [-0.1, -0.05) is 17.3 Å². The van der Waals surface area contributed by atoms with E-state index in [0.29, 0.717) is 12.1 Å². The van der Waals surface area contributed by atoms with E-state index in [-0.39, 0.29) is 12.1 Å². The van der Waals surface area contributed by atoms with E-state index >= 15 is 0 Å². The van der Waals surface area contributed by atoms with Gasteiger partial charge in [-0.15, -0.1) is 5.10 Å². The summed E-state index contributed by atoms with van der Waals surface area (Å²) in [5, 5.41) is 8.43. The number of benzene rings is 1. The fraction of sp³-hybridized carbons (Fsp3) is 0.278. The van der Waals surface area contributed by atoms with Crippen molar-refractivity contribution in [1.29, 1.82) is 0 Å². The van der Waals surface area contributed by atoms with Crippen LogP contribution >= 0.6 is 0 Å². The molecule has 1 amide bonds. The van der Waals surface area contributed by atoms with Gasteiger partial charge in [-0.25, -0.2) is 0 Å². The van der Waals surface area contributed by atoms with E-state index in [9.17, 15) is 4.79 Å². The van der Waals surface area contributed by atoms with Crippen molar-refractivity contribution in [1.82, 2.24) is 19.9 Å². The highest BCUT2D eigenvalue weighted by molar-refractivity contribution is 6.01. The van der Waals surface area contributed by atoms with Gasteiger partial charge in [-0.05, 0) is 31.2 Å². The summed E-state index contributed by atoms with van der Waals surface area (Å²) in [6.07, 6.45) is 3.16. The number of hydrogen-bond donors (Lipinski definition) is 0. The van der Waals surface area contributed by atoms with Gasteiger partial charge in [-0.3, -0.25) is 9.48 Å². The molecule has 0 fully saturated rings. The Bertz CT molecular complexity index is 887. The molecule has 25 heavy (non-hydrogen) atoms. The monoisotopic (exact) mass is 337 g/mol. The Balaban J connectivity index is 1.80. The molecule has 4 rings (SSSR count). The highest BCUT2D eigenvalue weighted by Gasteiger charge is 2.38. The maximum atomic E-state index is 13.2. The van der Waals surface area contributed by atoms with Crippen molar-refractivity contribution < 1.29 is 9.21 Å². The highest BCUT2D eigenvalue weighted by atomic mass is 16.3. The first-order valence-corrected chi connectivity index (χ1v) is 8.24. The van der Waals surface area contributed by atoms with E-state index in [4.69, 9.17) is 4.42 Å². The van der Waals surface area contributed by atoms with Crippen LogP contribution in [0.25, 0.3) is 0 Å². The number of aryl methyl sites for hydroxylation is 1. The van der Waals surface area contributed by atoms with E-state index in [1.807, 2.05) is 56.6 Å². The van der Waals surface area contributed by atoms with Crippen LogP contribution in [-0.2, 0) is 13.1 Å². The first kappa shape index (κ1) is 15.4. The molecule has 0 spiro atoms. The Morgan fingerprint density at radius 3 is 2.76 bits per heavy atom. The van der Waals surface area contributed by atoms with Crippen molar-refractivity contribution in [2.24, 2.45) is 0 Å². The summed E-state index contributed by atoms with van der Waals surface area (Å²) in [5.41, 5.74) is 2.30. The maximum absolute atomic E-state index is 13.2. The van der Waals surface area contributed by atoms with Crippen molar-refractivity contribution in [2.75, 3.05) is 11.9 Å². The van der Waals surface area contributed by atoms with Crippen molar-refractivity contribution >= 4 is 11.6 Å². The van der Waals surface area contributed by atoms with Gasteiger partial charge in [0, 0.05) is 13.6 Å². The second kappa shape index (κ2) is 6.08. The number of rotatable bonds is 4. The minimum Gasteiger partial charge on any atom is -0.467 e. The van der Waals surface area contributed by atoms with Crippen LogP contribution in [0, 0.1) is 0 Å². The van der Waals surface area contributed by atoms with Crippen molar-refractivity contribution in [3.63, 3.8) is 0 Å². The number of aromatic nitrogens is 3. The molecule has 0 saturated heterocycles. The minimum absolute atomic E-state index is 0.0406. The van der Waals surface area contributed by atoms with Crippen LogP contribution in [-0.4, -0.2) is 32.8 Å². The molecule has 1 aliphatic heterocycles. The predicted octanol–water partition coefficient (Wildman–Crippen LogP) is 2.68. The Hall–Kier alpha value is -3.09. The molecule has 1 unspecified atom stereocenters. The number of nitrogens with zero attached hydrogens (tertiary/aromatic N) is 5. The molecule has 3 aromatic rings. The number of para-hydroxylation sites is 1. The molecular formula is C18H19N5O2. The quantitative estimate of drug-likeness (QED) is 0.732. The number of carbonyl (C=O) groups excluding carboxylic acids is 1. The van der Waals surface area contributed by atoms with E-state index < -0.39 is 0 Å². The zero-order valence-electron chi connectivity index (χ0n) is 14.2. The molecule has 0 aliphatic carbocycles. The summed E-state index contributed by atoms with van der Waals surface area (Å²) in [5.74, 6) is 0.690. The number of furan rings is 1. The summed E-state index contributed by atoms with van der Waals surface area (Å²) in [6, 6.07) is 11.3. The van der Waals surface area contributed by atoms with E-state index in [2.05, 4.69) is 15.2 Å². The summed E-state index contributed by atoms with van der Waals surface area (Å²) < 4.78 is 7.23. The van der Waals surface area contributed by atoms with Crippen LogP contribution < -0.4 is 4.90 Å². The lowest BCUT2D eigenvalue weighted by Crippen LogP contribution is -2.47. The predicted molar refractivity (Wildman–Crippen MR) is 91.9 cm³/mol. The summed E-state index contributed by atoms with van der Waals surface area (Å²) >= 11 is 0. The first-order chi connectivity index (χ1) is 12.2. The summed E-state index contributed by atoms with van der Waals surface area (Å²) in [4.78, 5) is 17.0. The van der Waals surface area contributed by atoms with Gasteiger partial charge >= 0.3 is 0 Å². The van der Waals surface area contributed by atoms with Crippen LogP contribution in [0.5, 0.6) is 0 Å². The summed E-state index contributed by atoms with van der Waals surface area (Å²) in [6.45, 7) is 3.10. The smallest absolute Gasteiger partial charge is 0.258 e. The molecule has 0 N–H and O–H groups in total. The van der Waals surface area contributed by atoms with Gasteiger partial charge in [0.1, 0.15) is 11.5 Å². The Morgan fingerprint density at radius 1 is 1.20 bits per heavy atom. The van der Waals surface area contributed by atoms with Crippen LogP contribution in [0.4, 0.5) is 5.69 Å². The lowest BCUT2D eigenvalue weighted by Gasteiger charge is -2.42. The SMILES string of the molecule is CCn1cc(C2N(Cc3ccco3)C(=O)c3ccccc3N2C)nn1. The highest BCUT2D eigenvalue weighted by Crippen LogP contribution is 2.37. The van der Waals surface area contributed by atoms with Gasteiger partial charge in [0.25, 0.3) is 5.91 Å². The van der Waals surface area contributed by atoms with Crippen molar-refractivity contribution in [3.05, 3.63) is 65.9 Å². The van der Waals surface area contributed by atoms with Crippen LogP contribution in [0.3, 0.4) is 0 Å².